The van der Waals surface area contributed by atoms with Crippen molar-refractivity contribution in [2.45, 2.75) is 26.2 Å². The van der Waals surface area contributed by atoms with E-state index in [0.717, 1.165) is 12.8 Å². The Bertz CT molecular complexity index is 352. The molecule has 6 heteroatoms. The largest absolute Gasteiger partial charge is 0.481 e. The minimum atomic E-state index is -3.13. The summed E-state index contributed by atoms with van der Waals surface area (Å²) in [6.07, 6.45) is 3.51. The molecule has 0 aromatic rings. The molecule has 16 heavy (non-hydrogen) atoms. The van der Waals surface area contributed by atoms with Gasteiger partial charge in [0.1, 0.15) is 0 Å². The lowest BCUT2D eigenvalue weighted by Crippen LogP contribution is -2.40. The number of carboxylic acid groups (broad SMARTS) is 1. The summed E-state index contributed by atoms with van der Waals surface area (Å²) >= 11 is 0. The number of sulfonamides is 1. The fourth-order valence-electron chi connectivity index (χ4n) is 2.12. The van der Waals surface area contributed by atoms with Gasteiger partial charge in [-0.2, -0.15) is 0 Å². The Morgan fingerprint density at radius 3 is 2.69 bits per heavy atom. The Hall–Kier alpha value is -0.620. The Kier molecular flexibility index (Phi) is 4.32. The lowest BCUT2D eigenvalue weighted by atomic mass is 9.90. The van der Waals surface area contributed by atoms with Crippen molar-refractivity contribution in [2.75, 3.05) is 19.3 Å². The smallest absolute Gasteiger partial charge is 0.306 e. The second kappa shape index (κ2) is 5.14. The van der Waals surface area contributed by atoms with E-state index >= 15 is 0 Å². The molecule has 1 saturated heterocycles. The standard InChI is InChI=1S/C10H19NO4S/c1-8(10(12)13)6-9-4-3-5-11(7-9)16(2,14)15/h8-9H,3-7H2,1-2H3,(H,12,13). The molecule has 0 bridgehead atoms. The highest BCUT2D eigenvalue weighted by molar-refractivity contribution is 7.88. The van der Waals surface area contributed by atoms with Gasteiger partial charge in [-0.3, -0.25) is 4.79 Å². The van der Waals surface area contributed by atoms with Gasteiger partial charge < -0.3 is 5.11 Å². The molecule has 1 aliphatic rings. The molecule has 0 amide bonds. The Morgan fingerprint density at radius 1 is 1.56 bits per heavy atom. The lowest BCUT2D eigenvalue weighted by molar-refractivity contribution is -0.141. The third kappa shape index (κ3) is 3.75. The van der Waals surface area contributed by atoms with E-state index in [1.807, 2.05) is 0 Å². The SMILES string of the molecule is CC(CC1CCCN(S(C)(=O)=O)C1)C(=O)O. The minimum absolute atomic E-state index is 0.176. The molecule has 0 aromatic carbocycles. The molecule has 0 saturated carbocycles. The van der Waals surface area contributed by atoms with Crippen molar-refractivity contribution >= 4 is 16.0 Å². The molecule has 0 aliphatic carbocycles. The normalized spacial score (nSPS) is 25.2. The zero-order valence-corrected chi connectivity index (χ0v) is 10.5. The second-order valence-electron chi connectivity index (χ2n) is 4.60. The molecule has 0 aromatic heterocycles. The van der Waals surface area contributed by atoms with Crippen LogP contribution in [0.15, 0.2) is 0 Å². The predicted octanol–water partition coefficient (Wildman–Crippen LogP) is 0.769. The summed E-state index contributed by atoms with van der Waals surface area (Å²) in [5.74, 6) is -1.03. The van der Waals surface area contributed by atoms with E-state index in [4.69, 9.17) is 5.11 Å². The minimum Gasteiger partial charge on any atom is -0.481 e. The van der Waals surface area contributed by atoms with Gasteiger partial charge in [0.2, 0.25) is 10.0 Å². The molecule has 94 valence electrons. The molecular formula is C10H19NO4S. The molecule has 1 fully saturated rings. The van der Waals surface area contributed by atoms with Gasteiger partial charge in [-0.1, -0.05) is 6.92 Å². The molecular weight excluding hydrogens is 230 g/mol. The van der Waals surface area contributed by atoms with E-state index in [1.165, 1.54) is 10.6 Å². The Labute approximate surface area is 96.5 Å². The van der Waals surface area contributed by atoms with Crippen LogP contribution in [0.1, 0.15) is 26.2 Å². The van der Waals surface area contributed by atoms with Crippen molar-refractivity contribution in [1.82, 2.24) is 4.31 Å². The van der Waals surface area contributed by atoms with Crippen LogP contribution >= 0.6 is 0 Å². The quantitative estimate of drug-likeness (QED) is 0.798. The number of rotatable bonds is 4. The van der Waals surface area contributed by atoms with Crippen LogP contribution in [0.3, 0.4) is 0 Å². The van der Waals surface area contributed by atoms with Gasteiger partial charge in [0.05, 0.1) is 12.2 Å². The van der Waals surface area contributed by atoms with Gasteiger partial charge in [0, 0.05) is 13.1 Å². The lowest BCUT2D eigenvalue weighted by Gasteiger charge is -2.31. The average molecular weight is 249 g/mol. The van der Waals surface area contributed by atoms with Crippen molar-refractivity contribution in [3.63, 3.8) is 0 Å². The molecule has 2 unspecified atom stereocenters. The zero-order valence-electron chi connectivity index (χ0n) is 9.72. The molecule has 0 spiro atoms. The molecule has 1 rings (SSSR count). The van der Waals surface area contributed by atoms with Gasteiger partial charge in [0.25, 0.3) is 0 Å². The van der Waals surface area contributed by atoms with Crippen LogP contribution in [0.4, 0.5) is 0 Å². The first-order valence-electron chi connectivity index (χ1n) is 5.48. The molecule has 2 atom stereocenters. The summed E-state index contributed by atoms with van der Waals surface area (Å²) < 4.78 is 24.2. The highest BCUT2D eigenvalue weighted by Gasteiger charge is 2.28. The van der Waals surface area contributed by atoms with Crippen molar-refractivity contribution in [2.24, 2.45) is 11.8 Å². The van der Waals surface area contributed by atoms with E-state index in [0.29, 0.717) is 19.5 Å². The molecule has 0 radical (unpaired) electrons. The van der Waals surface area contributed by atoms with Gasteiger partial charge >= 0.3 is 5.97 Å². The first kappa shape index (κ1) is 13.4. The number of nitrogens with zero attached hydrogens (tertiary/aromatic N) is 1. The molecule has 5 nitrogen and oxygen atoms in total. The van der Waals surface area contributed by atoms with Crippen molar-refractivity contribution < 1.29 is 18.3 Å². The van der Waals surface area contributed by atoms with Crippen molar-refractivity contribution in [3.05, 3.63) is 0 Å². The number of carbonyl (C=O) groups is 1. The number of hydrogen-bond acceptors (Lipinski definition) is 3. The van der Waals surface area contributed by atoms with Crippen molar-refractivity contribution in [3.8, 4) is 0 Å². The van der Waals surface area contributed by atoms with Gasteiger partial charge in [0.15, 0.2) is 0 Å². The number of piperidine rings is 1. The van der Waals surface area contributed by atoms with Crippen LogP contribution in [0.2, 0.25) is 0 Å². The molecule has 1 heterocycles. The number of carboxylic acids is 1. The first-order chi connectivity index (χ1) is 7.30. The number of hydrogen-bond donors (Lipinski definition) is 1. The van der Waals surface area contributed by atoms with Gasteiger partial charge in [-0.15, -0.1) is 0 Å². The molecule has 1 aliphatic heterocycles. The summed E-state index contributed by atoms with van der Waals surface area (Å²) in [7, 11) is -3.13. The summed E-state index contributed by atoms with van der Waals surface area (Å²) in [6.45, 7) is 2.70. The third-order valence-electron chi connectivity index (χ3n) is 3.06. The van der Waals surface area contributed by atoms with Crippen LogP contribution in [0.25, 0.3) is 0 Å². The monoisotopic (exact) mass is 249 g/mol. The predicted molar refractivity (Wildman–Crippen MR) is 60.6 cm³/mol. The highest BCUT2D eigenvalue weighted by Crippen LogP contribution is 2.24. The summed E-state index contributed by atoms with van der Waals surface area (Å²) in [5.41, 5.74) is 0. The van der Waals surface area contributed by atoms with Gasteiger partial charge in [-0.25, -0.2) is 12.7 Å². The maximum Gasteiger partial charge on any atom is 0.306 e. The van der Waals surface area contributed by atoms with Crippen LogP contribution < -0.4 is 0 Å². The van der Waals surface area contributed by atoms with E-state index in [1.54, 1.807) is 6.92 Å². The van der Waals surface area contributed by atoms with Crippen LogP contribution in [-0.4, -0.2) is 43.1 Å². The van der Waals surface area contributed by atoms with E-state index < -0.39 is 21.9 Å². The fourth-order valence-corrected chi connectivity index (χ4v) is 3.06. The van der Waals surface area contributed by atoms with Crippen LogP contribution in [-0.2, 0) is 14.8 Å². The second-order valence-corrected chi connectivity index (χ2v) is 6.59. The average Bonchev–Trinajstić information content (AvgIpc) is 2.16. The van der Waals surface area contributed by atoms with Gasteiger partial charge in [-0.05, 0) is 25.2 Å². The summed E-state index contributed by atoms with van der Waals surface area (Å²) in [5, 5.41) is 8.81. The van der Waals surface area contributed by atoms with Crippen LogP contribution in [0.5, 0.6) is 0 Å². The molecule has 1 N–H and O–H groups in total. The maximum absolute atomic E-state index is 11.4. The van der Waals surface area contributed by atoms with E-state index in [-0.39, 0.29) is 5.92 Å². The zero-order chi connectivity index (χ0) is 12.3. The topological polar surface area (TPSA) is 74.7 Å². The summed E-state index contributed by atoms with van der Waals surface area (Å²) in [4.78, 5) is 10.7. The maximum atomic E-state index is 11.4. The van der Waals surface area contributed by atoms with Crippen LogP contribution in [0, 0.1) is 11.8 Å². The number of aliphatic carboxylic acids is 1. The van der Waals surface area contributed by atoms with Crippen molar-refractivity contribution in [1.29, 1.82) is 0 Å². The Balaban J connectivity index is 2.55. The first-order valence-corrected chi connectivity index (χ1v) is 7.33. The fraction of sp³-hybridized carbons (Fsp3) is 0.900. The van der Waals surface area contributed by atoms with E-state index in [9.17, 15) is 13.2 Å². The third-order valence-corrected chi connectivity index (χ3v) is 4.33. The Morgan fingerprint density at radius 2 is 2.19 bits per heavy atom. The summed E-state index contributed by atoms with van der Waals surface area (Å²) in [6, 6.07) is 0. The highest BCUT2D eigenvalue weighted by atomic mass is 32.2. The van der Waals surface area contributed by atoms with E-state index in [2.05, 4.69) is 0 Å².